The number of pyridine rings is 1. The molecule has 0 radical (unpaired) electrons. The van der Waals surface area contributed by atoms with E-state index in [0.29, 0.717) is 27.5 Å². The van der Waals surface area contributed by atoms with Crippen molar-refractivity contribution in [1.82, 2.24) is 15.2 Å². The van der Waals surface area contributed by atoms with Crippen LogP contribution in [0.25, 0.3) is 5.57 Å². The summed E-state index contributed by atoms with van der Waals surface area (Å²) in [4.78, 5) is 21.6. The molecule has 158 valence electrons. The molecule has 3 aromatic rings. The van der Waals surface area contributed by atoms with Gasteiger partial charge in [0.15, 0.2) is 5.60 Å². The predicted octanol–water partition coefficient (Wildman–Crippen LogP) is 4.00. The van der Waals surface area contributed by atoms with Gasteiger partial charge in [0.1, 0.15) is 6.61 Å². The van der Waals surface area contributed by atoms with Gasteiger partial charge in [-0.25, -0.2) is 0 Å². The van der Waals surface area contributed by atoms with Crippen LogP contribution in [0.5, 0.6) is 5.19 Å². The summed E-state index contributed by atoms with van der Waals surface area (Å²) in [5.41, 5.74) is 1.05. The number of carbonyl (C=O) groups is 1. The van der Waals surface area contributed by atoms with Gasteiger partial charge in [0.2, 0.25) is 5.13 Å². The molecular formula is C21H18ClN5O3S. The molecule has 8 nitrogen and oxygen atoms in total. The molecule has 0 spiro atoms. The molecular weight excluding hydrogens is 438 g/mol. The number of nitrogens with zero attached hydrogens (tertiary/aromatic N) is 4. The Bertz CT molecular complexity index is 1120. The quantitative estimate of drug-likeness (QED) is 0.578. The molecule has 3 heterocycles. The van der Waals surface area contributed by atoms with E-state index < -0.39 is 5.60 Å². The van der Waals surface area contributed by atoms with Gasteiger partial charge >= 0.3 is 0 Å². The Morgan fingerprint density at radius 1 is 1.26 bits per heavy atom. The molecule has 1 unspecified atom stereocenters. The molecule has 1 aromatic carbocycles. The molecule has 10 heteroatoms. The average molecular weight is 456 g/mol. The Labute approximate surface area is 187 Å². The zero-order valence-electron chi connectivity index (χ0n) is 16.5. The SMILES string of the molecule is COC1(C(=O)Nc2nnc(OCc3ccc(Cl)cc3)s2)CC=NC=C1c1cccnc1. The van der Waals surface area contributed by atoms with Crippen LogP contribution in [-0.4, -0.2) is 40.0 Å². The van der Waals surface area contributed by atoms with Crippen LogP contribution in [0.15, 0.2) is 60.0 Å². The van der Waals surface area contributed by atoms with Gasteiger partial charge in [-0.1, -0.05) is 34.9 Å². The van der Waals surface area contributed by atoms with Crippen molar-refractivity contribution in [2.75, 3.05) is 12.4 Å². The number of ether oxygens (including phenoxy) is 2. The van der Waals surface area contributed by atoms with E-state index in [9.17, 15) is 4.79 Å². The van der Waals surface area contributed by atoms with E-state index in [-0.39, 0.29) is 12.3 Å². The fraction of sp³-hybridized carbons (Fsp3) is 0.190. The second-order valence-corrected chi connectivity index (χ2v) is 7.97. The van der Waals surface area contributed by atoms with Crippen molar-refractivity contribution in [3.8, 4) is 5.19 Å². The summed E-state index contributed by atoms with van der Waals surface area (Å²) < 4.78 is 11.4. The summed E-state index contributed by atoms with van der Waals surface area (Å²) in [6.45, 7) is 0.312. The van der Waals surface area contributed by atoms with E-state index in [1.807, 2.05) is 18.2 Å². The van der Waals surface area contributed by atoms with Crippen molar-refractivity contribution in [1.29, 1.82) is 0 Å². The lowest BCUT2D eigenvalue weighted by Gasteiger charge is -2.33. The highest BCUT2D eigenvalue weighted by atomic mass is 35.5. The molecule has 1 amide bonds. The minimum atomic E-state index is -1.26. The first-order valence-electron chi connectivity index (χ1n) is 9.31. The largest absolute Gasteiger partial charge is 0.464 e. The number of hydrogen-bond acceptors (Lipinski definition) is 8. The molecule has 1 aliphatic rings. The number of methoxy groups -OCH3 is 1. The molecule has 0 bridgehead atoms. The number of amides is 1. The molecule has 1 aliphatic heterocycles. The number of benzene rings is 1. The molecule has 2 aromatic heterocycles. The first kappa shape index (κ1) is 21.1. The van der Waals surface area contributed by atoms with E-state index in [4.69, 9.17) is 21.1 Å². The third-order valence-corrected chi connectivity index (χ3v) is 5.72. The zero-order chi connectivity index (χ0) is 21.7. The highest BCUT2D eigenvalue weighted by Crippen LogP contribution is 2.36. The molecule has 0 saturated heterocycles. The molecule has 4 rings (SSSR count). The molecule has 0 saturated carbocycles. The Kier molecular flexibility index (Phi) is 6.36. The lowest BCUT2D eigenvalue weighted by Crippen LogP contribution is -2.47. The van der Waals surface area contributed by atoms with Gasteiger partial charge < -0.3 is 9.47 Å². The molecule has 1 atom stereocenters. The predicted molar refractivity (Wildman–Crippen MR) is 119 cm³/mol. The van der Waals surface area contributed by atoms with Crippen LogP contribution in [0.2, 0.25) is 5.02 Å². The highest BCUT2D eigenvalue weighted by molar-refractivity contribution is 7.17. The lowest BCUT2D eigenvalue weighted by atomic mass is 9.84. The summed E-state index contributed by atoms with van der Waals surface area (Å²) in [6.07, 6.45) is 6.86. The Hall–Kier alpha value is -3.14. The third kappa shape index (κ3) is 4.63. The summed E-state index contributed by atoms with van der Waals surface area (Å²) in [7, 11) is 1.49. The number of anilines is 1. The number of rotatable bonds is 7. The lowest BCUT2D eigenvalue weighted by molar-refractivity contribution is -0.130. The maximum atomic E-state index is 13.3. The fourth-order valence-corrected chi connectivity index (χ4v) is 3.81. The maximum Gasteiger partial charge on any atom is 0.296 e. The van der Waals surface area contributed by atoms with Crippen LogP contribution in [-0.2, 0) is 16.1 Å². The van der Waals surface area contributed by atoms with Crippen molar-refractivity contribution >= 4 is 45.8 Å². The topological polar surface area (TPSA) is 98.6 Å². The number of aromatic nitrogens is 3. The van der Waals surface area contributed by atoms with Gasteiger partial charge in [-0.15, -0.1) is 5.10 Å². The summed E-state index contributed by atoms with van der Waals surface area (Å²) >= 11 is 7.02. The fourth-order valence-electron chi connectivity index (χ4n) is 3.10. The van der Waals surface area contributed by atoms with E-state index in [1.165, 1.54) is 7.11 Å². The van der Waals surface area contributed by atoms with Crippen molar-refractivity contribution in [3.63, 3.8) is 0 Å². The minimum Gasteiger partial charge on any atom is -0.464 e. The third-order valence-electron chi connectivity index (χ3n) is 4.71. The van der Waals surface area contributed by atoms with Gasteiger partial charge in [-0.05, 0) is 35.1 Å². The highest BCUT2D eigenvalue weighted by Gasteiger charge is 2.44. The van der Waals surface area contributed by atoms with Crippen LogP contribution >= 0.6 is 22.9 Å². The number of halogens is 1. The van der Waals surface area contributed by atoms with Crippen LogP contribution in [0.1, 0.15) is 17.5 Å². The Morgan fingerprint density at radius 2 is 2.10 bits per heavy atom. The van der Waals surface area contributed by atoms with Crippen LogP contribution in [0.4, 0.5) is 5.13 Å². The molecule has 0 aliphatic carbocycles. The van der Waals surface area contributed by atoms with Crippen LogP contribution in [0.3, 0.4) is 0 Å². The molecule has 1 N–H and O–H groups in total. The van der Waals surface area contributed by atoms with Crippen LogP contribution in [0, 0.1) is 0 Å². The van der Waals surface area contributed by atoms with E-state index >= 15 is 0 Å². The van der Waals surface area contributed by atoms with Gasteiger partial charge in [-0.3, -0.25) is 20.1 Å². The van der Waals surface area contributed by atoms with Crippen molar-refractivity contribution in [3.05, 3.63) is 71.1 Å². The second kappa shape index (κ2) is 9.34. The van der Waals surface area contributed by atoms with E-state index in [1.54, 1.807) is 43.0 Å². The maximum absolute atomic E-state index is 13.3. The van der Waals surface area contributed by atoms with Gasteiger partial charge in [-0.2, -0.15) is 0 Å². The Balaban J connectivity index is 1.47. The Morgan fingerprint density at radius 3 is 2.84 bits per heavy atom. The first-order chi connectivity index (χ1) is 15.1. The monoisotopic (exact) mass is 455 g/mol. The van der Waals surface area contributed by atoms with E-state index in [2.05, 4.69) is 25.5 Å². The van der Waals surface area contributed by atoms with Gasteiger partial charge in [0, 0.05) is 54.5 Å². The first-order valence-corrected chi connectivity index (χ1v) is 10.5. The zero-order valence-corrected chi connectivity index (χ0v) is 18.1. The standard InChI is InChI=1S/C21H18ClN5O3S/c1-29-21(8-10-24-12-17(21)15-3-2-9-23-11-15)18(28)25-19-26-27-20(31-19)30-13-14-4-6-16(22)7-5-14/h2-7,9-12H,8,13H2,1H3,(H,25,26,28). The summed E-state index contributed by atoms with van der Waals surface area (Å²) in [5, 5.41) is 12.1. The second-order valence-electron chi connectivity index (χ2n) is 6.59. The number of carbonyl (C=O) groups excluding carboxylic acids is 1. The molecule has 31 heavy (non-hydrogen) atoms. The minimum absolute atomic E-state index is 0.273. The van der Waals surface area contributed by atoms with Crippen molar-refractivity contribution in [2.24, 2.45) is 4.99 Å². The van der Waals surface area contributed by atoms with E-state index in [0.717, 1.165) is 22.5 Å². The number of nitrogens with one attached hydrogen (secondary N) is 1. The van der Waals surface area contributed by atoms with Crippen LogP contribution < -0.4 is 10.1 Å². The number of hydrogen-bond donors (Lipinski definition) is 1. The summed E-state index contributed by atoms with van der Waals surface area (Å²) in [6, 6.07) is 11.0. The summed E-state index contributed by atoms with van der Waals surface area (Å²) in [5.74, 6) is -0.378. The number of aliphatic imine (C=N–C) groups is 1. The van der Waals surface area contributed by atoms with Crippen molar-refractivity contribution in [2.45, 2.75) is 18.6 Å². The van der Waals surface area contributed by atoms with Gasteiger partial charge in [0.25, 0.3) is 11.1 Å². The van der Waals surface area contributed by atoms with Crippen molar-refractivity contribution < 1.29 is 14.3 Å². The average Bonchev–Trinajstić information content (AvgIpc) is 3.26. The smallest absolute Gasteiger partial charge is 0.296 e. The van der Waals surface area contributed by atoms with Gasteiger partial charge in [0.05, 0.1) is 0 Å². The molecule has 0 fully saturated rings. The normalized spacial score (nSPS) is 17.8.